The van der Waals surface area contributed by atoms with Gasteiger partial charge in [-0.25, -0.2) is 12.8 Å². The van der Waals surface area contributed by atoms with Gasteiger partial charge in [0.1, 0.15) is 18.4 Å². The van der Waals surface area contributed by atoms with Crippen LogP contribution in [0.4, 0.5) is 10.1 Å². The predicted molar refractivity (Wildman–Crippen MR) is 162 cm³/mol. The molecule has 1 N–H and O–H groups in total. The molecule has 0 heterocycles. The highest BCUT2D eigenvalue weighted by molar-refractivity contribution is 9.10. The van der Waals surface area contributed by atoms with Gasteiger partial charge in [-0.15, -0.1) is 0 Å². The summed E-state index contributed by atoms with van der Waals surface area (Å²) in [6.07, 6.45) is 6.18. The van der Waals surface area contributed by atoms with Crippen molar-refractivity contribution in [2.75, 3.05) is 17.1 Å². The number of benzene rings is 3. The fraction of sp³-hybridized carbons (Fsp3) is 0.355. The first-order chi connectivity index (χ1) is 19.6. The Hall–Kier alpha value is -3.24. The van der Waals surface area contributed by atoms with Crippen LogP contribution in [0.1, 0.15) is 43.2 Å². The lowest BCUT2D eigenvalue weighted by Crippen LogP contribution is -2.55. The van der Waals surface area contributed by atoms with Gasteiger partial charge in [-0.3, -0.25) is 13.9 Å². The van der Waals surface area contributed by atoms with Crippen molar-refractivity contribution in [1.82, 2.24) is 10.2 Å². The van der Waals surface area contributed by atoms with Crippen molar-refractivity contribution in [3.8, 4) is 0 Å². The van der Waals surface area contributed by atoms with E-state index in [-0.39, 0.29) is 30.6 Å². The van der Waals surface area contributed by atoms with Crippen LogP contribution in [-0.2, 0) is 32.6 Å². The number of hydrogen-bond acceptors (Lipinski definition) is 4. The van der Waals surface area contributed by atoms with Gasteiger partial charge in [0, 0.05) is 23.5 Å². The molecule has 1 atom stereocenters. The highest BCUT2D eigenvalue weighted by atomic mass is 79.9. The van der Waals surface area contributed by atoms with Crippen LogP contribution in [0.2, 0.25) is 0 Å². The molecule has 1 fully saturated rings. The van der Waals surface area contributed by atoms with Crippen LogP contribution in [0.25, 0.3) is 0 Å². The maximum absolute atomic E-state index is 14.1. The molecule has 3 aromatic carbocycles. The lowest BCUT2D eigenvalue weighted by atomic mass is 9.94. The summed E-state index contributed by atoms with van der Waals surface area (Å²) in [4.78, 5) is 29.5. The van der Waals surface area contributed by atoms with E-state index in [1.54, 1.807) is 0 Å². The van der Waals surface area contributed by atoms with Crippen molar-refractivity contribution in [3.63, 3.8) is 0 Å². The first kappa shape index (κ1) is 30.7. The summed E-state index contributed by atoms with van der Waals surface area (Å²) < 4.78 is 41.4. The summed E-state index contributed by atoms with van der Waals surface area (Å²) in [6.45, 7) is -0.507. The van der Waals surface area contributed by atoms with Crippen molar-refractivity contribution in [2.24, 2.45) is 0 Å². The number of carbonyl (C=O) groups excluding carboxylic acids is 2. The summed E-state index contributed by atoms with van der Waals surface area (Å²) in [5, 5.41) is 3.17. The highest BCUT2D eigenvalue weighted by Gasteiger charge is 2.34. The topological polar surface area (TPSA) is 86.8 Å². The molecule has 0 bridgehead atoms. The number of amides is 2. The van der Waals surface area contributed by atoms with E-state index in [4.69, 9.17) is 0 Å². The van der Waals surface area contributed by atoms with Crippen molar-refractivity contribution < 1.29 is 22.4 Å². The van der Waals surface area contributed by atoms with Gasteiger partial charge in [0.15, 0.2) is 0 Å². The summed E-state index contributed by atoms with van der Waals surface area (Å²) in [5.41, 5.74) is 1.68. The zero-order chi connectivity index (χ0) is 29.4. The largest absolute Gasteiger partial charge is 0.352 e. The molecule has 2 amide bonds. The Balaban J connectivity index is 1.72. The third-order valence-corrected chi connectivity index (χ3v) is 8.87. The molecule has 1 aliphatic rings. The lowest BCUT2D eigenvalue weighted by molar-refractivity contribution is -0.140. The first-order valence-electron chi connectivity index (χ1n) is 13.7. The molecule has 0 saturated heterocycles. The summed E-state index contributed by atoms with van der Waals surface area (Å²) in [6, 6.07) is 21.1. The van der Waals surface area contributed by atoms with E-state index in [0.29, 0.717) is 0 Å². The Labute approximate surface area is 249 Å². The van der Waals surface area contributed by atoms with Crippen molar-refractivity contribution in [1.29, 1.82) is 0 Å². The second-order valence-corrected chi connectivity index (χ2v) is 13.3. The van der Waals surface area contributed by atoms with Crippen LogP contribution >= 0.6 is 15.9 Å². The number of halogens is 2. The SMILES string of the molecule is CS(=O)(=O)N(CC(=O)N(Cc1cccc(Br)c1)[C@H](Cc1ccccc1)C(=O)NC1CCCCC1)c1cccc(F)c1. The zero-order valence-electron chi connectivity index (χ0n) is 23.0. The van der Waals surface area contributed by atoms with Crippen LogP contribution < -0.4 is 9.62 Å². The van der Waals surface area contributed by atoms with Crippen LogP contribution in [0.15, 0.2) is 83.3 Å². The number of carbonyl (C=O) groups is 2. The number of nitrogens with one attached hydrogen (secondary N) is 1. The number of rotatable bonds is 11. The van der Waals surface area contributed by atoms with Crippen LogP contribution in [0.3, 0.4) is 0 Å². The first-order valence-corrected chi connectivity index (χ1v) is 16.4. The molecule has 7 nitrogen and oxygen atoms in total. The summed E-state index contributed by atoms with van der Waals surface area (Å²) >= 11 is 3.47. The van der Waals surface area contributed by atoms with Crippen molar-refractivity contribution in [2.45, 2.75) is 57.2 Å². The maximum Gasteiger partial charge on any atom is 0.244 e. The minimum absolute atomic E-state index is 0.0251. The van der Waals surface area contributed by atoms with Crippen molar-refractivity contribution in [3.05, 3.63) is 100 Å². The third kappa shape index (κ3) is 8.87. The minimum Gasteiger partial charge on any atom is -0.352 e. The summed E-state index contributed by atoms with van der Waals surface area (Å²) in [5.74, 6) is -1.47. The maximum atomic E-state index is 14.1. The van der Waals surface area contributed by atoms with Gasteiger partial charge >= 0.3 is 0 Å². The molecule has 0 aromatic heterocycles. The molecule has 0 unspecified atom stereocenters. The Morgan fingerprint density at radius 1 is 0.951 bits per heavy atom. The molecular formula is C31H35BrFN3O4S. The molecule has 1 aliphatic carbocycles. The molecule has 218 valence electrons. The predicted octanol–water partition coefficient (Wildman–Crippen LogP) is 5.44. The van der Waals surface area contributed by atoms with Gasteiger partial charge in [-0.2, -0.15) is 0 Å². The van der Waals surface area contributed by atoms with Crippen molar-refractivity contribution >= 4 is 43.5 Å². The Bertz CT molecular complexity index is 1450. The molecule has 0 aliphatic heterocycles. The van der Waals surface area contributed by atoms with E-state index in [0.717, 1.165) is 64.3 Å². The fourth-order valence-electron chi connectivity index (χ4n) is 5.18. The van der Waals surface area contributed by atoms with Gasteiger partial charge < -0.3 is 10.2 Å². The van der Waals surface area contributed by atoms with E-state index in [1.807, 2.05) is 54.6 Å². The van der Waals surface area contributed by atoms with Crippen LogP contribution in [0.5, 0.6) is 0 Å². The summed E-state index contributed by atoms with van der Waals surface area (Å²) in [7, 11) is -3.96. The van der Waals surface area contributed by atoms with E-state index in [2.05, 4.69) is 21.2 Å². The Morgan fingerprint density at radius 3 is 2.29 bits per heavy atom. The molecule has 3 aromatic rings. The average Bonchev–Trinajstić information content (AvgIpc) is 2.94. The van der Waals surface area contributed by atoms with E-state index >= 15 is 0 Å². The molecule has 10 heteroatoms. The Kier molecular flexibility index (Phi) is 10.6. The van der Waals surface area contributed by atoms with Gasteiger partial charge in [-0.1, -0.05) is 83.7 Å². The molecule has 4 rings (SSSR count). The second kappa shape index (κ2) is 14.1. The molecular weight excluding hydrogens is 609 g/mol. The lowest BCUT2D eigenvalue weighted by Gasteiger charge is -2.35. The number of anilines is 1. The Morgan fingerprint density at radius 2 is 1.63 bits per heavy atom. The number of hydrogen-bond donors (Lipinski definition) is 1. The van der Waals surface area contributed by atoms with Crippen LogP contribution in [-0.4, -0.2) is 50.0 Å². The van der Waals surface area contributed by atoms with Gasteiger partial charge in [-0.05, 0) is 54.3 Å². The zero-order valence-corrected chi connectivity index (χ0v) is 25.4. The number of nitrogens with zero attached hydrogens (tertiary/aromatic N) is 2. The van der Waals surface area contributed by atoms with Gasteiger partial charge in [0.05, 0.1) is 11.9 Å². The van der Waals surface area contributed by atoms with E-state index in [1.165, 1.54) is 23.1 Å². The smallest absolute Gasteiger partial charge is 0.244 e. The molecule has 0 radical (unpaired) electrons. The van der Waals surface area contributed by atoms with E-state index in [9.17, 15) is 22.4 Å². The van der Waals surface area contributed by atoms with Crippen LogP contribution in [0, 0.1) is 5.82 Å². The average molecular weight is 645 g/mol. The molecule has 0 spiro atoms. The molecule has 1 saturated carbocycles. The number of sulfonamides is 1. The second-order valence-electron chi connectivity index (χ2n) is 10.5. The monoisotopic (exact) mass is 643 g/mol. The van der Waals surface area contributed by atoms with Gasteiger partial charge in [0.2, 0.25) is 21.8 Å². The minimum atomic E-state index is -3.96. The fourth-order valence-corrected chi connectivity index (χ4v) is 6.46. The highest BCUT2D eigenvalue weighted by Crippen LogP contribution is 2.23. The third-order valence-electron chi connectivity index (χ3n) is 7.24. The normalized spacial score (nSPS) is 14.7. The quantitative estimate of drug-likeness (QED) is 0.301. The van der Waals surface area contributed by atoms with E-state index < -0.39 is 34.3 Å². The standard InChI is InChI=1S/C31H35BrFN3O4S/c1-41(39,40)36(28-17-9-14-26(33)20-28)22-30(37)35(21-24-12-8-13-25(32)18-24)29(19-23-10-4-2-5-11-23)31(38)34-27-15-6-3-7-16-27/h2,4-5,8-14,17-18,20,27,29H,3,6-7,15-16,19,21-22H2,1H3,(H,34,38)/t29-/m1/s1. The van der Waals surface area contributed by atoms with Gasteiger partial charge in [0.25, 0.3) is 0 Å². The molecule has 41 heavy (non-hydrogen) atoms.